The summed E-state index contributed by atoms with van der Waals surface area (Å²) in [6.07, 6.45) is 0.812. The normalized spacial score (nSPS) is 10.6. The summed E-state index contributed by atoms with van der Waals surface area (Å²) in [5, 5.41) is 7.29. The molecule has 0 unspecified atom stereocenters. The summed E-state index contributed by atoms with van der Waals surface area (Å²) in [4.78, 5) is 36.8. The lowest BCUT2D eigenvalue weighted by atomic mass is 10.2. The number of carbonyl (C=O) groups excluding carboxylic acids is 1. The maximum atomic E-state index is 11.7. The number of nitrogen functional groups attached to an aromatic ring is 2. The number of fused-ring (bicyclic) bond motifs is 1. The number of methoxy groups -OCH3 is 1. The van der Waals surface area contributed by atoms with Gasteiger partial charge in [-0.15, -0.1) is 10.0 Å². The van der Waals surface area contributed by atoms with E-state index >= 15 is 0 Å². The summed E-state index contributed by atoms with van der Waals surface area (Å²) in [5.41, 5.74) is 12.4. The van der Waals surface area contributed by atoms with Gasteiger partial charge in [-0.3, -0.25) is 4.90 Å². The standard InChI is InChI=1S/C13H13N9O3/c1-21(13(23)25-2)8-9(14)17-11(18-10(8)15)7-6-4-3-5-16-12(6)22(19-7)20-24/h3-5H,1-2H3,(H4,14,15,17,18). The van der Waals surface area contributed by atoms with Crippen molar-refractivity contribution in [2.75, 3.05) is 30.5 Å². The molecule has 0 aliphatic heterocycles. The van der Waals surface area contributed by atoms with Crippen LogP contribution in [-0.2, 0) is 4.74 Å². The highest BCUT2D eigenvalue weighted by atomic mass is 16.5. The van der Waals surface area contributed by atoms with Gasteiger partial charge in [-0.1, -0.05) is 4.79 Å². The molecule has 3 aromatic rings. The van der Waals surface area contributed by atoms with Gasteiger partial charge in [-0.05, 0) is 12.1 Å². The molecular formula is C13H13N9O3. The lowest BCUT2D eigenvalue weighted by Crippen LogP contribution is -2.28. The summed E-state index contributed by atoms with van der Waals surface area (Å²) in [6.45, 7) is 0. The lowest BCUT2D eigenvalue weighted by Gasteiger charge is -2.18. The van der Waals surface area contributed by atoms with Crippen molar-refractivity contribution in [3.05, 3.63) is 23.2 Å². The van der Waals surface area contributed by atoms with E-state index in [9.17, 15) is 9.70 Å². The van der Waals surface area contributed by atoms with Crippen LogP contribution in [0.15, 0.2) is 23.6 Å². The van der Waals surface area contributed by atoms with Crippen molar-refractivity contribution in [3.63, 3.8) is 0 Å². The predicted octanol–water partition coefficient (Wildman–Crippen LogP) is 0.785. The van der Waals surface area contributed by atoms with Crippen LogP contribution in [0.3, 0.4) is 0 Å². The predicted molar refractivity (Wildman–Crippen MR) is 89.4 cm³/mol. The number of nitrogens with two attached hydrogens (primary N) is 2. The number of carbonyl (C=O) groups is 1. The highest BCUT2D eigenvalue weighted by Crippen LogP contribution is 2.31. The van der Waals surface area contributed by atoms with E-state index in [0.717, 1.165) is 9.69 Å². The van der Waals surface area contributed by atoms with E-state index < -0.39 is 6.09 Å². The average Bonchev–Trinajstić information content (AvgIpc) is 2.99. The van der Waals surface area contributed by atoms with Crippen molar-refractivity contribution >= 4 is 34.4 Å². The van der Waals surface area contributed by atoms with Crippen LogP contribution < -0.4 is 16.4 Å². The molecule has 0 fully saturated rings. The van der Waals surface area contributed by atoms with Crippen LogP contribution in [0.25, 0.3) is 22.6 Å². The molecule has 0 aliphatic rings. The molecule has 0 atom stereocenters. The smallest absolute Gasteiger partial charge is 0.413 e. The molecule has 3 aromatic heterocycles. The first kappa shape index (κ1) is 16.0. The molecule has 12 heteroatoms. The number of hydrogen-bond donors (Lipinski definition) is 2. The fourth-order valence-electron chi connectivity index (χ4n) is 2.33. The van der Waals surface area contributed by atoms with Crippen molar-refractivity contribution in [2.24, 2.45) is 5.29 Å². The van der Waals surface area contributed by atoms with Gasteiger partial charge in [0, 0.05) is 13.2 Å². The van der Waals surface area contributed by atoms with Gasteiger partial charge < -0.3 is 16.2 Å². The Balaban J connectivity index is 2.17. The maximum Gasteiger partial charge on any atom is 0.413 e. The molecule has 1 amide bonds. The van der Waals surface area contributed by atoms with E-state index in [2.05, 4.69) is 30.1 Å². The van der Waals surface area contributed by atoms with Gasteiger partial charge in [0.1, 0.15) is 11.4 Å². The Bertz CT molecular complexity index is 961. The van der Waals surface area contributed by atoms with E-state index in [0.29, 0.717) is 5.39 Å². The highest BCUT2D eigenvalue weighted by Gasteiger charge is 2.23. The molecule has 0 saturated carbocycles. The number of nitrogens with zero attached hydrogens (tertiary/aromatic N) is 7. The minimum absolute atomic E-state index is 0.0546. The molecule has 0 aliphatic carbocycles. The van der Waals surface area contributed by atoms with Gasteiger partial charge in [-0.2, -0.15) is 0 Å². The van der Waals surface area contributed by atoms with Gasteiger partial charge in [0.05, 0.1) is 17.8 Å². The van der Waals surface area contributed by atoms with Crippen molar-refractivity contribution in [2.45, 2.75) is 0 Å². The first-order valence-corrected chi connectivity index (χ1v) is 6.90. The molecule has 25 heavy (non-hydrogen) atoms. The molecule has 4 N–H and O–H groups in total. The Kier molecular flexibility index (Phi) is 3.85. The summed E-state index contributed by atoms with van der Waals surface area (Å²) in [7, 11) is 2.64. The lowest BCUT2D eigenvalue weighted by molar-refractivity contribution is 0.180. The number of amides is 1. The first-order chi connectivity index (χ1) is 12.0. The zero-order valence-electron chi connectivity index (χ0n) is 13.2. The second-order valence-corrected chi connectivity index (χ2v) is 4.89. The SMILES string of the molecule is COC(=O)N(C)c1c(N)nc(-c2nn(N=O)c3ncccc23)nc1N. The van der Waals surface area contributed by atoms with E-state index in [-0.39, 0.29) is 34.5 Å². The molecule has 0 bridgehead atoms. The van der Waals surface area contributed by atoms with Gasteiger partial charge in [-0.25, -0.2) is 19.7 Å². The van der Waals surface area contributed by atoms with Crippen LogP contribution in [0.2, 0.25) is 0 Å². The average molecular weight is 343 g/mol. The number of pyridine rings is 1. The third-order valence-electron chi connectivity index (χ3n) is 3.44. The minimum Gasteiger partial charge on any atom is -0.452 e. The molecular weight excluding hydrogens is 330 g/mol. The molecule has 3 rings (SSSR count). The Labute approximate surface area is 140 Å². The topological polar surface area (TPSA) is 168 Å². The fourth-order valence-corrected chi connectivity index (χ4v) is 2.33. The van der Waals surface area contributed by atoms with Crippen LogP contribution in [0.4, 0.5) is 22.1 Å². The van der Waals surface area contributed by atoms with Gasteiger partial charge in [0.2, 0.25) is 0 Å². The zero-order valence-corrected chi connectivity index (χ0v) is 13.2. The maximum absolute atomic E-state index is 11.7. The quantitative estimate of drug-likeness (QED) is 0.653. The summed E-state index contributed by atoms with van der Waals surface area (Å²) in [5.74, 6) is -0.0421. The molecule has 0 aromatic carbocycles. The minimum atomic E-state index is -0.682. The van der Waals surface area contributed by atoms with Crippen LogP contribution >= 0.6 is 0 Å². The number of anilines is 3. The van der Waals surface area contributed by atoms with Crippen molar-refractivity contribution in [1.82, 2.24) is 24.8 Å². The van der Waals surface area contributed by atoms with Gasteiger partial charge in [0.25, 0.3) is 0 Å². The highest BCUT2D eigenvalue weighted by molar-refractivity contribution is 5.95. The number of aromatic nitrogens is 5. The Morgan fingerprint density at radius 1 is 1.32 bits per heavy atom. The number of hydrogen-bond acceptors (Lipinski definition) is 10. The molecule has 12 nitrogen and oxygen atoms in total. The molecule has 0 radical (unpaired) electrons. The van der Waals surface area contributed by atoms with Crippen LogP contribution in [0, 0.1) is 4.91 Å². The third kappa shape index (κ3) is 2.54. The summed E-state index contributed by atoms with van der Waals surface area (Å²) in [6, 6.07) is 3.34. The van der Waals surface area contributed by atoms with Gasteiger partial charge >= 0.3 is 6.09 Å². The van der Waals surface area contributed by atoms with Gasteiger partial charge in [0.15, 0.2) is 23.1 Å². The monoisotopic (exact) mass is 343 g/mol. The van der Waals surface area contributed by atoms with E-state index in [4.69, 9.17) is 11.5 Å². The summed E-state index contributed by atoms with van der Waals surface area (Å²) >= 11 is 0. The number of nitroso groups, excluding NO2 is 1. The van der Waals surface area contributed by atoms with E-state index in [1.165, 1.54) is 20.4 Å². The molecule has 3 heterocycles. The van der Waals surface area contributed by atoms with Crippen molar-refractivity contribution in [1.29, 1.82) is 0 Å². The largest absolute Gasteiger partial charge is 0.452 e. The zero-order chi connectivity index (χ0) is 18.1. The first-order valence-electron chi connectivity index (χ1n) is 6.90. The summed E-state index contributed by atoms with van der Waals surface area (Å²) < 4.78 is 4.62. The third-order valence-corrected chi connectivity index (χ3v) is 3.44. The van der Waals surface area contributed by atoms with Crippen molar-refractivity contribution in [3.8, 4) is 11.5 Å². The Morgan fingerprint density at radius 3 is 2.60 bits per heavy atom. The molecule has 0 saturated heterocycles. The second kappa shape index (κ2) is 5.99. The van der Waals surface area contributed by atoms with Crippen molar-refractivity contribution < 1.29 is 9.53 Å². The Morgan fingerprint density at radius 2 is 2.00 bits per heavy atom. The van der Waals surface area contributed by atoms with Crippen LogP contribution in [0.5, 0.6) is 0 Å². The van der Waals surface area contributed by atoms with E-state index in [1.807, 2.05) is 0 Å². The second-order valence-electron chi connectivity index (χ2n) is 4.89. The van der Waals surface area contributed by atoms with Crippen LogP contribution in [0.1, 0.15) is 0 Å². The Hall–Kier alpha value is -3.83. The van der Waals surface area contributed by atoms with Crippen LogP contribution in [-0.4, -0.2) is 45.1 Å². The number of rotatable bonds is 3. The van der Waals surface area contributed by atoms with E-state index in [1.54, 1.807) is 12.1 Å². The number of ether oxygens (including phenoxy) is 1. The molecule has 128 valence electrons. The fraction of sp³-hybridized carbons (Fsp3) is 0.154. The molecule has 0 spiro atoms.